The highest BCUT2D eigenvalue weighted by Crippen LogP contribution is 2.34. The number of fused-ring (bicyclic) bond motifs is 1. The lowest BCUT2D eigenvalue weighted by Gasteiger charge is -2.25. The monoisotopic (exact) mass is 365 g/mol. The van der Waals surface area contributed by atoms with Gasteiger partial charge in [0, 0.05) is 31.5 Å². The maximum Gasteiger partial charge on any atom is 0.316 e. The van der Waals surface area contributed by atoms with E-state index >= 15 is 0 Å². The van der Waals surface area contributed by atoms with Crippen LogP contribution in [-0.2, 0) is 11.3 Å². The van der Waals surface area contributed by atoms with Gasteiger partial charge in [-0.25, -0.2) is 0 Å². The molecule has 0 saturated carbocycles. The summed E-state index contributed by atoms with van der Waals surface area (Å²) in [5.74, 6) is 0.0637. The summed E-state index contributed by atoms with van der Waals surface area (Å²) in [5.41, 5.74) is 2.13. The Bertz CT molecular complexity index is 1000. The SMILES string of the molecule is CN1C(=O)COc2cc(-c3noc(C(=O)NCc4cccnc4)n3)ccc21. The van der Waals surface area contributed by atoms with Gasteiger partial charge in [0.15, 0.2) is 6.61 Å². The largest absolute Gasteiger partial charge is 0.482 e. The van der Waals surface area contributed by atoms with Gasteiger partial charge in [-0.2, -0.15) is 4.98 Å². The number of carbonyl (C=O) groups excluding carboxylic acids is 2. The fourth-order valence-corrected chi connectivity index (χ4v) is 2.61. The molecule has 0 atom stereocenters. The van der Waals surface area contributed by atoms with Crippen LogP contribution < -0.4 is 15.0 Å². The number of anilines is 1. The van der Waals surface area contributed by atoms with Gasteiger partial charge in [-0.15, -0.1) is 0 Å². The molecule has 1 aliphatic heterocycles. The van der Waals surface area contributed by atoms with E-state index in [1.54, 1.807) is 43.7 Å². The molecular weight excluding hydrogens is 350 g/mol. The predicted molar refractivity (Wildman–Crippen MR) is 94.0 cm³/mol. The molecule has 0 bridgehead atoms. The van der Waals surface area contributed by atoms with Crippen molar-refractivity contribution in [1.29, 1.82) is 0 Å². The Morgan fingerprint density at radius 3 is 3.04 bits per heavy atom. The van der Waals surface area contributed by atoms with E-state index in [0.717, 1.165) is 5.56 Å². The molecule has 1 aromatic carbocycles. The second-order valence-corrected chi connectivity index (χ2v) is 5.89. The summed E-state index contributed by atoms with van der Waals surface area (Å²) in [7, 11) is 1.68. The molecule has 2 aromatic heterocycles. The molecule has 0 spiro atoms. The van der Waals surface area contributed by atoms with Gasteiger partial charge in [0.05, 0.1) is 5.69 Å². The van der Waals surface area contributed by atoms with Gasteiger partial charge in [-0.1, -0.05) is 11.2 Å². The zero-order valence-electron chi connectivity index (χ0n) is 14.4. The van der Waals surface area contributed by atoms with E-state index < -0.39 is 5.91 Å². The van der Waals surface area contributed by atoms with Gasteiger partial charge in [-0.3, -0.25) is 14.6 Å². The fraction of sp³-hybridized carbons (Fsp3) is 0.167. The Morgan fingerprint density at radius 2 is 2.22 bits per heavy atom. The van der Waals surface area contributed by atoms with E-state index in [4.69, 9.17) is 9.26 Å². The molecule has 27 heavy (non-hydrogen) atoms. The number of carbonyl (C=O) groups is 2. The van der Waals surface area contributed by atoms with Crippen molar-refractivity contribution in [1.82, 2.24) is 20.4 Å². The van der Waals surface area contributed by atoms with Gasteiger partial charge < -0.3 is 19.5 Å². The molecule has 0 radical (unpaired) electrons. The minimum absolute atomic E-state index is 0.0266. The van der Waals surface area contributed by atoms with Crippen molar-refractivity contribution in [3.63, 3.8) is 0 Å². The van der Waals surface area contributed by atoms with Crippen LogP contribution >= 0.6 is 0 Å². The smallest absolute Gasteiger partial charge is 0.316 e. The predicted octanol–water partition coefficient (Wildman–Crippen LogP) is 1.42. The molecule has 0 unspecified atom stereocenters. The van der Waals surface area contributed by atoms with Crippen LogP contribution in [0.15, 0.2) is 47.2 Å². The molecule has 3 aromatic rings. The van der Waals surface area contributed by atoms with Crippen molar-refractivity contribution >= 4 is 17.5 Å². The van der Waals surface area contributed by atoms with Gasteiger partial charge >= 0.3 is 11.8 Å². The number of aromatic nitrogens is 3. The average Bonchev–Trinajstić information content (AvgIpc) is 3.20. The number of ether oxygens (including phenoxy) is 1. The van der Waals surface area contributed by atoms with Crippen molar-refractivity contribution in [2.24, 2.45) is 0 Å². The quantitative estimate of drug-likeness (QED) is 0.744. The first-order chi connectivity index (χ1) is 13.1. The van der Waals surface area contributed by atoms with E-state index in [0.29, 0.717) is 23.5 Å². The van der Waals surface area contributed by atoms with Crippen molar-refractivity contribution in [2.75, 3.05) is 18.6 Å². The molecule has 9 heteroatoms. The van der Waals surface area contributed by atoms with Crippen LogP contribution in [-0.4, -0.2) is 40.6 Å². The Hall–Kier alpha value is -3.75. The Balaban J connectivity index is 1.49. The third-order valence-electron chi connectivity index (χ3n) is 4.10. The second kappa shape index (κ2) is 6.87. The molecule has 9 nitrogen and oxygen atoms in total. The summed E-state index contributed by atoms with van der Waals surface area (Å²) in [6, 6.07) is 8.82. The summed E-state index contributed by atoms with van der Waals surface area (Å²) in [5, 5.41) is 6.55. The summed E-state index contributed by atoms with van der Waals surface area (Å²) in [6.45, 7) is 0.276. The van der Waals surface area contributed by atoms with Crippen molar-refractivity contribution < 1.29 is 18.8 Å². The van der Waals surface area contributed by atoms with Gasteiger partial charge in [0.25, 0.3) is 5.91 Å². The second-order valence-electron chi connectivity index (χ2n) is 5.89. The Labute approximate surface area is 154 Å². The summed E-state index contributed by atoms with van der Waals surface area (Å²) < 4.78 is 10.5. The first-order valence-electron chi connectivity index (χ1n) is 8.16. The molecule has 1 aliphatic rings. The van der Waals surface area contributed by atoms with E-state index in [-0.39, 0.29) is 24.2 Å². The van der Waals surface area contributed by atoms with Crippen molar-refractivity contribution in [2.45, 2.75) is 6.54 Å². The van der Waals surface area contributed by atoms with E-state index in [2.05, 4.69) is 20.4 Å². The molecule has 2 amide bonds. The third kappa shape index (κ3) is 3.34. The van der Waals surface area contributed by atoms with Crippen LogP contribution in [0.1, 0.15) is 16.2 Å². The van der Waals surface area contributed by atoms with Crippen LogP contribution in [0.25, 0.3) is 11.4 Å². The number of nitrogens with zero attached hydrogens (tertiary/aromatic N) is 4. The van der Waals surface area contributed by atoms with Crippen molar-refractivity contribution in [3.8, 4) is 17.1 Å². The highest BCUT2D eigenvalue weighted by Gasteiger charge is 2.23. The molecule has 136 valence electrons. The number of benzene rings is 1. The van der Waals surface area contributed by atoms with E-state index in [1.807, 2.05) is 6.07 Å². The van der Waals surface area contributed by atoms with Gasteiger partial charge in [0.1, 0.15) is 5.75 Å². The first kappa shape index (κ1) is 16.7. The standard InChI is InChI=1S/C18H15N5O4/c1-23-13-5-4-12(7-14(13)26-10-15(23)24)16-21-18(27-22-16)17(25)20-9-11-3-2-6-19-8-11/h2-8H,9-10H2,1H3,(H,20,25). The lowest BCUT2D eigenvalue weighted by atomic mass is 10.1. The lowest BCUT2D eigenvalue weighted by molar-refractivity contribution is -0.120. The number of likely N-dealkylation sites (N-methyl/N-ethyl adjacent to an activating group) is 1. The molecule has 0 fully saturated rings. The van der Waals surface area contributed by atoms with Gasteiger partial charge in [-0.05, 0) is 29.8 Å². The molecule has 3 heterocycles. The summed E-state index contributed by atoms with van der Waals surface area (Å²) in [6.07, 6.45) is 3.32. The Morgan fingerprint density at radius 1 is 1.33 bits per heavy atom. The van der Waals surface area contributed by atoms with E-state index in [1.165, 1.54) is 4.90 Å². The normalized spacial score (nSPS) is 13.1. The summed E-state index contributed by atoms with van der Waals surface area (Å²) >= 11 is 0. The number of hydrogen-bond acceptors (Lipinski definition) is 7. The topological polar surface area (TPSA) is 110 Å². The minimum Gasteiger partial charge on any atom is -0.482 e. The number of rotatable bonds is 4. The molecular formula is C18H15N5O4. The van der Waals surface area contributed by atoms with Crippen LogP contribution in [0.5, 0.6) is 5.75 Å². The molecule has 4 rings (SSSR count). The maximum absolute atomic E-state index is 12.2. The summed E-state index contributed by atoms with van der Waals surface area (Å²) in [4.78, 5) is 33.5. The zero-order valence-corrected chi connectivity index (χ0v) is 14.4. The molecule has 0 aliphatic carbocycles. The highest BCUT2D eigenvalue weighted by molar-refractivity contribution is 5.97. The Kier molecular flexibility index (Phi) is 4.25. The van der Waals surface area contributed by atoms with E-state index in [9.17, 15) is 9.59 Å². The highest BCUT2D eigenvalue weighted by atomic mass is 16.5. The average molecular weight is 365 g/mol. The third-order valence-corrected chi connectivity index (χ3v) is 4.10. The zero-order chi connectivity index (χ0) is 18.8. The lowest BCUT2D eigenvalue weighted by Crippen LogP contribution is -2.35. The van der Waals surface area contributed by atoms with Crippen LogP contribution in [0, 0.1) is 0 Å². The number of hydrogen-bond donors (Lipinski definition) is 1. The van der Waals surface area contributed by atoms with Crippen LogP contribution in [0.4, 0.5) is 5.69 Å². The van der Waals surface area contributed by atoms with Gasteiger partial charge in [0.2, 0.25) is 5.82 Å². The number of pyridine rings is 1. The van der Waals surface area contributed by atoms with Crippen LogP contribution in [0.2, 0.25) is 0 Å². The number of nitrogens with one attached hydrogen (secondary N) is 1. The van der Waals surface area contributed by atoms with Crippen molar-refractivity contribution in [3.05, 3.63) is 54.2 Å². The maximum atomic E-state index is 12.2. The van der Waals surface area contributed by atoms with Crippen LogP contribution in [0.3, 0.4) is 0 Å². The fourth-order valence-electron chi connectivity index (χ4n) is 2.61. The molecule has 1 N–H and O–H groups in total. The molecule has 0 saturated heterocycles. The number of amides is 2. The first-order valence-corrected chi connectivity index (χ1v) is 8.16. The minimum atomic E-state index is -0.475.